The van der Waals surface area contributed by atoms with Crippen LogP contribution in [0, 0.1) is 13.8 Å². The Labute approximate surface area is 179 Å². The smallest absolute Gasteiger partial charge is 0.251 e. The summed E-state index contributed by atoms with van der Waals surface area (Å²) in [4.78, 5) is 15.2. The van der Waals surface area contributed by atoms with E-state index in [9.17, 15) is 13.2 Å². The Morgan fingerprint density at radius 1 is 1.07 bits per heavy atom. The van der Waals surface area contributed by atoms with Crippen molar-refractivity contribution in [3.05, 3.63) is 64.7 Å². The molecule has 1 atom stereocenters. The van der Waals surface area contributed by atoms with E-state index in [-0.39, 0.29) is 16.8 Å². The van der Waals surface area contributed by atoms with E-state index >= 15 is 0 Å². The van der Waals surface area contributed by atoms with Gasteiger partial charge in [0.25, 0.3) is 5.91 Å². The normalized spacial score (nSPS) is 16.9. The van der Waals surface area contributed by atoms with Gasteiger partial charge in [0.2, 0.25) is 10.0 Å². The van der Waals surface area contributed by atoms with Crippen LogP contribution >= 0.6 is 0 Å². The van der Waals surface area contributed by atoms with Crippen LogP contribution in [0.15, 0.2) is 47.4 Å². The molecule has 1 saturated heterocycles. The molecule has 2 aromatic rings. The second-order valence-electron chi connectivity index (χ2n) is 8.03. The number of piperazine rings is 1. The minimum Gasteiger partial charge on any atom is -0.345 e. The number of aryl methyl sites for hydroxylation is 2. The molecule has 0 radical (unpaired) electrons. The second kappa shape index (κ2) is 9.29. The molecule has 1 amide bonds. The van der Waals surface area contributed by atoms with Crippen molar-refractivity contribution in [1.29, 1.82) is 0 Å². The van der Waals surface area contributed by atoms with Crippen LogP contribution in [0.5, 0.6) is 0 Å². The van der Waals surface area contributed by atoms with E-state index in [0.717, 1.165) is 17.5 Å². The number of carbonyl (C=O) groups excluding carboxylic acids is 1. The highest BCUT2D eigenvalue weighted by Crippen LogP contribution is 2.23. The first-order valence-corrected chi connectivity index (χ1v) is 11.8. The third-order valence-corrected chi connectivity index (χ3v) is 7.61. The molecular weight excluding hydrogens is 398 g/mol. The average molecular weight is 430 g/mol. The number of rotatable bonds is 6. The molecule has 0 aliphatic carbocycles. The predicted molar refractivity (Wildman–Crippen MR) is 119 cm³/mol. The molecule has 1 aliphatic rings. The van der Waals surface area contributed by atoms with E-state index < -0.39 is 10.0 Å². The summed E-state index contributed by atoms with van der Waals surface area (Å²) in [7, 11) is -1.63. The molecule has 0 spiro atoms. The van der Waals surface area contributed by atoms with Gasteiger partial charge in [0.05, 0.1) is 10.9 Å². The number of benzene rings is 2. The quantitative estimate of drug-likeness (QED) is 0.766. The molecule has 1 aliphatic heterocycles. The van der Waals surface area contributed by atoms with Gasteiger partial charge in [-0.15, -0.1) is 0 Å². The number of amides is 1. The summed E-state index contributed by atoms with van der Waals surface area (Å²) >= 11 is 0. The molecule has 30 heavy (non-hydrogen) atoms. The van der Waals surface area contributed by atoms with E-state index in [2.05, 4.69) is 16.3 Å². The van der Waals surface area contributed by atoms with Crippen LogP contribution < -0.4 is 5.32 Å². The molecule has 1 fully saturated rings. The summed E-state index contributed by atoms with van der Waals surface area (Å²) < 4.78 is 27.5. The van der Waals surface area contributed by atoms with Gasteiger partial charge in [-0.25, -0.2) is 8.42 Å². The zero-order chi connectivity index (χ0) is 21.9. The summed E-state index contributed by atoms with van der Waals surface area (Å²) in [5.74, 6) is -0.266. The van der Waals surface area contributed by atoms with Gasteiger partial charge >= 0.3 is 0 Å². The summed E-state index contributed by atoms with van der Waals surface area (Å²) in [6.07, 6.45) is 0.745. The maximum atomic E-state index is 13.0. The maximum absolute atomic E-state index is 13.0. The SMILES string of the molecule is CC[C@@H](NC(=O)c1cccc(S(=O)(=O)N2CCN(C)CC2)c1)c1ccc(C)cc1C. The highest BCUT2D eigenvalue weighted by Gasteiger charge is 2.28. The van der Waals surface area contributed by atoms with Crippen LogP contribution in [0.4, 0.5) is 0 Å². The number of nitrogens with one attached hydrogen (secondary N) is 1. The molecule has 0 unspecified atom stereocenters. The monoisotopic (exact) mass is 429 g/mol. The van der Waals surface area contributed by atoms with Gasteiger partial charge in [-0.3, -0.25) is 4.79 Å². The number of carbonyl (C=O) groups is 1. The van der Waals surface area contributed by atoms with Crippen LogP contribution in [0.2, 0.25) is 0 Å². The Hall–Kier alpha value is -2.22. The van der Waals surface area contributed by atoms with E-state index in [1.165, 1.54) is 15.9 Å². The van der Waals surface area contributed by atoms with Crippen LogP contribution in [0.3, 0.4) is 0 Å². The third-order valence-electron chi connectivity index (χ3n) is 5.71. The van der Waals surface area contributed by atoms with Crippen molar-refractivity contribution in [1.82, 2.24) is 14.5 Å². The van der Waals surface area contributed by atoms with Crippen LogP contribution in [0.25, 0.3) is 0 Å². The van der Waals surface area contributed by atoms with Crippen LogP contribution in [0.1, 0.15) is 46.4 Å². The lowest BCUT2D eigenvalue weighted by Crippen LogP contribution is -2.47. The van der Waals surface area contributed by atoms with Gasteiger partial charge < -0.3 is 10.2 Å². The van der Waals surface area contributed by atoms with Crippen molar-refractivity contribution in [3.8, 4) is 0 Å². The van der Waals surface area contributed by atoms with Crippen molar-refractivity contribution < 1.29 is 13.2 Å². The fraction of sp³-hybridized carbons (Fsp3) is 0.435. The summed E-state index contributed by atoms with van der Waals surface area (Å²) in [5, 5.41) is 3.07. The lowest BCUT2D eigenvalue weighted by Gasteiger charge is -2.31. The van der Waals surface area contributed by atoms with E-state index in [1.807, 2.05) is 40.0 Å². The molecule has 0 aromatic heterocycles. The lowest BCUT2D eigenvalue weighted by molar-refractivity contribution is 0.0935. The number of sulfonamides is 1. The van der Waals surface area contributed by atoms with Gasteiger partial charge in [0, 0.05) is 31.7 Å². The van der Waals surface area contributed by atoms with Gasteiger partial charge in [-0.1, -0.05) is 36.8 Å². The van der Waals surface area contributed by atoms with E-state index in [0.29, 0.717) is 31.7 Å². The van der Waals surface area contributed by atoms with Crippen LogP contribution in [-0.4, -0.2) is 56.8 Å². The number of hydrogen-bond acceptors (Lipinski definition) is 4. The Kier molecular flexibility index (Phi) is 6.95. The minimum atomic E-state index is -3.61. The molecule has 1 N–H and O–H groups in total. The first kappa shape index (κ1) is 22.5. The van der Waals surface area contributed by atoms with Crippen molar-refractivity contribution >= 4 is 15.9 Å². The fourth-order valence-corrected chi connectivity index (χ4v) is 5.30. The highest BCUT2D eigenvalue weighted by atomic mass is 32.2. The fourth-order valence-electron chi connectivity index (χ4n) is 3.83. The van der Waals surface area contributed by atoms with Gasteiger partial charge in [0.1, 0.15) is 0 Å². The van der Waals surface area contributed by atoms with Crippen molar-refractivity contribution in [2.75, 3.05) is 33.2 Å². The topological polar surface area (TPSA) is 69.7 Å². The van der Waals surface area contributed by atoms with Gasteiger partial charge in [0.15, 0.2) is 0 Å². The molecule has 2 aromatic carbocycles. The molecule has 162 valence electrons. The standard InChI is InChI=1S/C23H31N3O3S/c1-5-22(21-10-9-17(2)15-18(21)3)24-23(27)19-7-6-8-20(16-19)30(28,29)26-13-11-25(4)12-14-26/h6-10,15-16,22H,5,11-14H2,1-4H3,(H,24,27)/t22-/m1/s1. The maximum Gasteiger partial charge on any atom is 0.251 e. The zero-order valence-electron chi connectivity index (χ0n) is 18.2. The Morgan fingerprint density at radius 3 is 2.40 bits per heavy atom. The van der Waals surface area contributed by atoms with Crippen molar-refractivity contribution in [3.63, 3.8) is 0 Å². The molecule has 3 rings (SSSR count). The molecule has 0 bridgehead atoms. The molecule has 0 saturated carbocycles. The number of hydrogen-bond donors (Lipinski definition) is 1. The van der Waals surface area contributed by atoms with Gasteiger partial charge in [-0.2, -0.15) is 4.31 Å². The first-order chi connectivity index (χ1) is 14.2. The predicted octanol–water partition coefficient (Wildman–Crippen LogP) is 3.12. The van der Waals surface area contributed by atoms with E-state index in [1.54, 1.807) is 18.2 Å². The molecule has 6 nitrogen and oxygen atoms in total. The minimum absolute atomic E-state index is 0.129. The Bertz CT molecular complexity index is 1010. The summed E-state index contributed by atoms with van der Waals surface area (Å²) in [6, 6.07) is 12.4. The second-order valence-corrected chi connectivity index (χ2v) is 9.97. The van der Waals surface area contributed by atoms with Crippen molar-refractivity contribution in [2.45, 2.75) is 38.1 Å². The molecule has 7 heteroatoms. The summed E-state index contributed by atoms with van der Waals surface area (Å²) in [6.45, 7) is 8.43. The number of likely N-dealkylation sites (N-methyl/N-ethyl adjacent to an activating group) is 1. The van der Waals surface area contributed by atoms with Crippen LogP contribution in [-0.2, 0) is 10.0 Å². The van der Waals surface area contributed by atoms with Gasteiger partial charge in [-0.05, 0) is 56.6 Å². The lowest BCUT2D eigenvalue weighted by atomic mass is 9.97. The largest absolute Gasteiger partial charge is 0.345 e. The zero-order valence-corrected chi connectivity index (χ0v) is 19.0. The Morgan fingerprint density at radius 2 is 1.77 bits per heavy atom. The molecular formula is C23H31N3O3S. The summed E-state index contributed by atoms with van der Waals surface area (Å²) in [5.41, 5.74) is 3.75. The van der Waals surface area contributed by atoms with Crippen molar-refractivity contribution in [2.24, 2.45) is 0 Å². The number of nitrogens with zero attached hydrogens (tertiary/aromatic N) is 2. The Balaban J connectivity index is 1.80. The first-order valence-electron chi connectivity index (χ1n) is 10.4. The highest BCUT2D eigenvalue weighted by molar-refractivity contribution is 7.89. The third kappa shape index (κ3) is 4.91. The average Bonchev–Trinajstić information content (AvgIpc) is 2.72. The molecule has 1 heterocycles. The van der Waals surface area contributed by atoms with E-state index in [4.69, 9.17) is 0 Å².